The number of carbonyl (C=O) groups is 1. The zero-order valence-electron chi connectivity index (χ0n) is 11.9. The van der Waals surface area contributed by atoms with Crippen molar-refractivity contribution in [2.24, 2.45) is 5.41 Å². The van der Waals surface area contributed by atoms with Gasteiger partial charge in [-0.3, -0.25) is 4.79 Å². The van der Waals surface area contributed by atoms with E-state index in [2.05, 4.69) is 15.5 Å². The van der Waals surface area contributed by atoms with Crippen molar-refractivity contribution in [1.82, 2.24) is 20.2 Å². The minimum Gasteiger partial charge on any atom is -0.481 e. The van der Waals surface area contributed by atoms with Gasteiger partial charge in [-0.15, -0.1) is 5.10 Å². The summed E-state index contributed by atoms with van der Waals surface area (Å²) in [5, 5.41) is 21.3. The van der Waals surface area contributed by atoms with Gasteiger partial charge in [-0.25, -0.2) is 4.68 Å². The average molecular weight is 290 g/mol. The Kier molecular flexibility index (Phi) is 3.48. The first-order valence-electron chi connectivity index (χ1n) is 7.16. The Bertz CT molecular complexity index is 640. The molecular weight excluding hydrogens is 272 g/mol. The van der Waals surface area contributed by atoms with Crippen molar-refractivity contribution in [2.75, 3.05) is 0 Å². The summed E-state index contributed by atoms with van der Waals surface area (Å²) in [6.07, 6.45) is 5.87. The molecule has 1 aliphatic rings. The van der Waals surface area contributed by atoms with Crippen LogP contribution in [0.1, 0.15) is 37.7 Å². The number of hydrogen-bond donors (Lipinski definition) is 1. The lowest BCUT2D eigenvalue weighted by Gasteiger charge is -2.32. The van der Waals surface area contributed by atoms with Gasteiger partial charge in [0, 0.05) is 0 Å². The van der Waals surface area contributed by atoms with Crippen molar-refractivity contribution < 1.29 is 14.3 Å². The zero-order valence-corrected chi connectivity index (χ0v) is 11.9. The summed E-state index contributed by atoms with van der Waals surface area (Å²) >= 11 is 0. The van der Waals surface area contributed by atoms with E-state index in [-0.39, 0.29) is 6.54 Å². The molecule has 0 atom stereocenters. The summed E-state index contributed by atoms with van der Waals surface area (Å²) in [4.78, 5) is 11.8. The molecular formula is C14H18N4O3. The molecule has 7 heteroatoms. The first-order valence-corrected chi connectivity index (χ1v) is 7.16. The summed E-state index contributed by atoms with van der Waals surface area (Å²) in [7, 11) is 0. The van der Waals surface area contributed by atoms with Crippen LogP contribution in [0.5, 0.6) is 0 Å². The predicted molar refractivity (Wildman–Crippen MR) is 73.4 cm³/mol. The second-order valence-electron chi connectivity index (χ2n) is 5.74. The molecule has 1 N–H and O–H groups in total. The quantitative estimate of drug-likeness (QED) is 0.928. The van der Waals surface area contributed by atoms with Gasteiger partial charge in [0.25, 0.3) is 0 Å². The summed E-state index contributed by atoms with van der Waals surface area (Å²) in [5.41, 5.74) is 0.155. The third-order valence-electron chi connectivity index (χ3n) is 4.31. The number of hydrogen-bond acceptors (Lipinski definition) is 5. The first kappa shape index (κ1) is 13.8. The van der Waals surface area contributed by atoms with E-state index in [1.54, 1.807) is 10.9 Å². The van der Waals surface area contributed by atoms with Gasteiger partial charge in [-0.2, -0.15) is 0 Å². The Morgan fingerprint density at radius 1 is 1.43 bits per heavy atom. The van der Waals surface area contributed by atoms with Crippen molar-refractivity contribution in [2.45, 2.75) is 45.6 Å². The molecule has 2 aromatic heterocycles. The van der Waals surface area contributed by atoms with Crippen LogP contribution in [-0.2, 0) is 11.3 Å². The fraction of sp³-hybridized carbons (Fsp3) is 0.571. The molecule has 3 rings (SSSR count). The molecule has 112 valence electrons. The highest BCUT2D eigenvalue weighted by atomic mass is 16.4. The number of aliphatic carboxylic acids is 1. The molecule has 0 aliphatic heterocycles. The molecule has 2 aromatic rings. The molecule has 0 amide bonds. The summed E-state index contributed by atoms with van der Waals surface area (Å²) in [6, 6.07) is 1.84. The molecule has 7 nitrogen and oxygen atoms in total. The minimum absolute atomic E-state index is 0.283. The van der Waals surface area contributed by atoms with Crippen molar-refractivity contribution in [1.29, 1.82) is 0 Å². The average Bonchev–Trinajstić information content (AvgIpc) is 3.08. The molecule has 0 radical (unpaired) electrons. The number of tetrazole rings is 1. The molecule has 0 saturated heterocycles. The molecule has 0 aromatic carbocycles. The maximum atomic E-state index is 11.8. The van der Waals surface area contributed by atoms with Crippen molar-refractivity contribution in [3.05, 3.63) is 17.9 Å². The molecule has 1 aliphatic carbocycles. The molecule has 21 heavy (non-hydrogen) atoms. The van der Waals surface area contributed by atoms with Crippen LogP contribution < -0.4 is 0 Å². The standard InChI is InChI=1S/C14H18N4O3/c1-10-5-8-21-11(10)12-15-16-17-18(12)9-14(13(19)20)6-3-2-4-7-14/h5,8H,2-4,6-7,9H2,1H3,(H,19,20). The Labute approximate surface area is 122 Å². The number of furan rings is 1. The first-order chi connectivity index (χ1) is 10.1. The molecule has 2 heterocycles. The van der Waals surface area contributed by atoms with E-state index in [4.69, 9.17) is 4.42 Å². The predicted octanol–water partition coefficient (Wildman–Crippen LogP) is 2.28. The molecule has 0 unspecified atom stereocenters. The fourth-order valence-corrected chi connectivity index (χ4v) is 3.03. The third kappa shape index (κ3) is 2.43. The van der Waals surface area contributed by atoms with Gasteiger partial charge in [0.1, 0.15) is 0 Å². The van der Waals surface area contributed by atoms with Gasteiger partial charge in [0.05, 0.1) is 18.2 Å². The summed E-state index contributed by atoms with van der Waals surface area (Å²) in [6.45, 7) is 2.19. The Morgan fingerprint density at radius 2 is 2.19 bits per heavy atom. The van der Waals surface area contributed by atoms with Crippen LogP contribution in [-0.4, -0.2) is 31.3 Å². The lowest BCUT2D eigenvalue weighted by atomic mass is 9.74. The van der Waals surface area contributed by atoms with E-state index >= 15 is 0 Å². The van der Waals surface area contributed by atoms with Crippen LogP contribution >= 0.6 is 0 Å². The van der Waals surface area contributed by atoms with Crippen LogP contribution in [0, 0.1) is 12.3 Å². The molecule has 0 spiro atoms. The number of carboxylic acid groups (broad SMARTS) is 1. The highest BCUT2D eigenvalue weighted by Crippen LogP contribution is 2.38. The smallest absolute Gasteiger partial charge is 0.311 e. The van der Waals surface area contributed by atoms with Gasteiger partial charge >= 0.3 is 5.97 Å². The summed E-state index contributed by atoms with van der Waals surface area (Å²) in [5.74, 6) is 0.319. The van der Waals surface area contributed by atoms with Crippen molar-refractivity contribution >= 4 is 5.97 Å². The van der Waals surface area contributed by atoms with Gasteiger partial charge in [0.2, 0.25) is 5.82 Å². The topological polar surface area (TPSA) is 94.0 Å². The number of rotatable bonds is 4. The van der Waals surface area contributed by atoms with E-state index in [1.165, 1.54) is 0 Å². The Morgan fingerprint density at radius 3 is 2.81 bits per heavy atom. The maximum absolute atomic E-state index is 11.8. The van der Waals surface area contributed by atoms with Crippen LogP contribution in [0.15, 0.2) is 16.7 Å². The number of nitrogens with zero attached hydrogens (tertiary/aromatic N) is 4. The van der Waals surface area contributed by atoms with Gasteiger partial charge < -0.3 is 9.52 Å². The number of carboxylic acids is 1. The highest BCUT2D eigenvalue weighted by Gasteiger charge is 2.41. The SMILES string of the molecule is Cc1ccoc1-c1nnnn1CC1(C(=O)O)CCCCC1. The lowest BCUT2D eigenvalue weighted by Crippen LogP contribution is -2.38. The van der Waals surface area contributed by atoms with Crippen LogP contribution in [0.25, 0.3) is 11.6 Å². The van der Waals surface area contributed by atoms with E-state index in [9.17, 15) is 9.90 Å². The van der Waals surface area contributed by atoms with Crippen molar-refractivity contribution in [3.63, 3.8) is 0 Å². The van der Waals surface area contributed by atoms with E-state index in [1.807, 2.05) is 13.0 Å². The summed E-state index contributed by atoms with van der Waals surface area (Å²) < 4.78 is 6.98. The van der Waals surface area contributed by atoms with Gasteiger partial charge in [0.15, 0.2) is 5.76 Å². The van der Waals surface area contributed by atoms with Gasteiger partial charge in [-0.05, 0) is 41.8 Å². The Balaban J connectivity index is 1.93. The van der Waals surface area contributed by atoms with Crippen LogP contribution in [0.4, 0.5) is 0 Å². The monoisotopic (exact) mass is 290 g/mol. The minimum atomic E-state index is -0.775. The highest BCUT2D eigenvalue weighted by molar-refractivity contribution is 5.74. The van der Waals surface area contributed by atoms with Gasteiger partial charge in [-0.1, -0.05) is 19.3 Å². The van der Waals surface area contributed by atoms with E-state index < -0.39 is 11.4 Å². The largest absolute Gasteiger partial charge is 0.481 e. The number of aryl methyl sites for hydroxylation is 1. The molecule has 0 bridgehead atoms. The maximum Gasteiger partial charge on any atom is 0.311 e. The van der Waals surface area contributed by atoms with Crippen LogP contribution in [0.3, 0.4) is 0 Å². The molecule has 1 saturated carbocycles. The second-order valence-corrected chi connectivity index (χ2v) is 5.74. The van der Waals surface area contributed by atoms with E-state index in [0.717, 1.165) is 24.8 Å². The Hall–Kier alpha value is -2.18. The fourth-order valence-electron chi connectivity index (χ4n) is 3.03. The van der Waals surface area contributed by atoms with E-state index in [0.29, 0.717) is 24.4 Å². The van der Waals surface area contributed by atoms with Crippen molar-refractivity contribution in [3.8, 4) is 11.6 Å². The normalized spacial score (nSPS) is 17.8. The molecule has 1 fully saturated rings. The third-order valence-corrected chi connectivity index (χ3v) is 4.31. The lowest BCUT2D eigenvalue weighted by molar-refractivity contribution is -0.152. The van der Waals surface area contributed by atoms with Crippen LogP contribution in [0.2, 0.25) is 0 Å². The second kappa shape index (κ2) is 5.31. The number of aromatic nitrogens is 4. The zero-order chi connectivity index (χ0) is 14.9.